The predicted molar refractivity (Wildman–Crippen MR) is 85.9 cm³/mol. The average molecular weight is 276 g/mol. The monoisotopic (exact) mass is 276 g/mol. The second-order valence-corrected chi connectivity index (χ2v) is 4.81. The first-order valence-corrected chi connectivity index (χ1v) is 6.82. The number of rotatable bonds is 3. The van der Waals surface area contributed by atoms with Gasteiger partial charge in [0.2, 0.25) is 0 Å². The van der Waals surface area contributed by atoms with Crippen molar-refractivity contribution >= 4 is 22.1 Å². The summed E-state index contributed by atoms with van der Waals surface area (Å²) in [5.74, 6) is 0.772. The predicted octanol–water partition coefficient (Wildman–Crippen LogP) is 5.57. The molecule has 0 aliphatic rings. The maximum absolute atomic E-state index is 5.52. The van der Waals surface area contributed by atoms with Crippen LogP contribution in [0.5, 0.6) is 5.75 Å². The molecule has 0 radical (unpaired) electrons. The molecule has 0 aliphatic heterocycles. The Morgan fingerprint density at radius 2 is 1.57 bits per heavy atom. The zero-order valence-corrected chi connectivity index (χ0v) is 12.1. The second kappa shape index (κ2) is 5.75. The van der Waals surface area contributed by atoms with E-state index in [2.05, 4.69) is 22.4 Å². The molecule has 3 nitrogen and oxygen atoms in total. The zero-order valence-electron chi connectivity index (χ0n) is 12.1. The number of nitrogens with zero attached hydrogens (tertiary/aromatic N) is 2. The molecule has 0 spiro atoms. The van der Waals surface area contributed by atoms with E-state index in [4.69, 9.17) is 4.74 Å². The van der Waals surface area contributed by atoms with Crippen molar-refractivity contribution in [2.24, 2.45) is 10.2 Å². The third-order valence-corrected chi connectivity index (χ3v) is 3.46. The van der Waals surface area contributed by atoms with Gasteiger partial charge in [-0.2, -0.15) is 5.11 Å². The lowest BCUT2D eigenvalue weighted by Gasteiger charge is -2.10. The molecular weight excluding hydrogens is 260 g/mol. The van der Waals surface area contributed by atoms with Crippen LogP contribution in [0.1, 0.15) is 5.56 Å². The highest BCUT2D eigenvalue weighted by Gasteiger charge is 2.10. The van der Waals surface area contributed by atoms with Gasteiger partial charge in [0.1, 0.15) is 11.4 Å². The fourth-order valence-corrected chi connectivity index (χ4v) is 2.43. The summed E-state index contributed by atoms with van der Waals surface area (Å²) in [4.78, 5) is 0. The third-order valence-electron chi connectivity index (χ3n) is 3.46. The highest BCUT2D eigenvalue weighted by molar-refractivity contribution is 5.91. The van der Waals surface area contributed by atoms with Crippen molar-refractivity contribution in [1.82, 2.24) is 0 Å². The molecule has 104 valence electrons. The molecule has 3 heteroatoms. The van der Waals surface area contributed by atoms with Gasteiger partial charge < -0.3 is 4.74 Å². The summed E-state index contributed by atoms with van der Waals surface area (Å²) >= 11 is 0. The smallest absolute Gasteiger partial charge is 0.149 e. The molecule has 0 aliphatic carbocycles. The van der Waals surface area contributed by atoms with E-state index in [1.807, 2.05) is 55.5 Å². The summed E-state index contributed by atoms with van der Waals surface area (Å²) in [5, 5.41) is 10.9. The van der Waals surface area contributed by atoms with Crippen LogP contribution in [-0.2, 0) is 0 Å². The number of fused-ring (bicyclic) bond motifs is 1. The van der Waals surface area contributed by atoms with Gasteiger partial charge in [0.15, 0.2) is 0 Å². The van der Waals surface area contributed by atoms with Crippen LogP contribution in [0.15, 0.2) is 70.9 Å². The molecule has 21 heavy (non-hydrogen) atoms. The van der Waals surface area contributed by atoms with Gasteiger partial charge in [-0.15, -0.1) is 5.11 Å². The molecule has 0 amide bonds. The third kappa shape index (κ3) is 2.63. The van der Waals surface area contributed by atoms with Gasteiger partial charge in [-0.05, 0) is 35.9 Å². The number of methoxy groups -OCH3 is 1. The molecule has 0 saturated heterocycles. The Morgan fingerprint density at radius 1 is 0.857 bits per heavy atom. The Kier molecular flexibility index (Phi) is 3.65. The normalized spacial score (nSPS) is 11.1. The van der Waals surface area contributed by atoms with Crippen molar-refractivity contribution in [3.63, 3.8) is 0 Å². The lowest BCUT2D eigenvalue weighted by atomic mass is 10.0. The summed E-state index contributed by atoms with van der Waals surface area (Å²) < 4.78 is 5.52. The van der Waals surface area contributed by atoms with Gasteiger partial charge in [-0.1, -0.05) is 42.5 Å². The maximum atomic E-state index is 5.52. The molecule has 0 unspecified atom stereocenters. The highest BCUT2D eigenvalue weighted by Crippen LogP contribution is 2.37. The Bertz CT molecular complexity index is 795. The number of aryl methyl sites for hydroxylation is 1. The number of hydrogen-bond donors (Lipinski definition) is 0. The Morgan fingerprint density at radius 3 is 2.33 bits per heavy atom. The number of azo groups is 1. The van der Waals surface area contributed by atoms with Crippen molar-refractivity contribution in [3.8, 4) is 5.75 Å². The minimum absolute atomic E-state index is 0.748. The number of benzene rings is 3. The van der Waals surface area contributed by atoms with Crippen LogP contribution in [-0.4, -0.2) is 7.11 Å². The molecule has 0 bridgehead atoms. The summed E-state index contributed by atoms with van der Waals surface area (Å²) in [6, 6.07) is 19.9. The minimum Gasteiger partial charge on any atom is -0.494 e. The summed E-state index contributed by atoms with van der Waals surface area (Å²) in [7, 11) is 1.67. The van der Waals surface area contributed by atoms with Crippen molar-refractivity contribution in [1.29, 1.82) is 0 Å². The van der Waals surface area contributed by atoms with Crippen LogP contribution in [0.3, 0.4) is 0 Å². The van der Waals surface area contributed by atoms with Crippen LogP contribution in [0.25, 0.3) is 10.8 Å². The van der Waals surface area contributed by atoms with Gasteiger partial charge in [-0.3, -0.25) is 0 Å². The Labute approximate surface area is 123 Å². The largest absolute Gasteiger partial charge is 0.494 e. The van der Waals surface area contributed by atoms with Crippen LogP contribution in [0.2, 0.25) is 0 Å². The first-order chi connectivity index (χ1) is 10.3. The SMILES string of the molecule is COc1c(N=Nc2ccccc2)cc2ccccc2c1C. The van der Waals surface area contributed by atoms with E-state index < -0.39 is 0 Å². The standard InChI is InChI=1S/C18H16N2O/c1-13-16-11-7-6-8-14(16)12-17(18(13)21-2)20-19-15-9-4-3-5-10-15/h3-12H,1-2H3. The first kappa shape index (κ1) is 13.3. The molecule has 0 fully saturated rings. The van der Waals surface area contributed by atoms with E-state index in [1.165, 1.54) is 5.39 Å². The Hall–Kier alpha value is -2.68. The van der Waals surface area contributed by atoms with Crippen LogP contribution in [0.4, 0.5) is 11.4 Å². The van der Waals surface area contributed by atoms with Gasteiger partial charge in [0.25, 0.3) is 0 Å². The van der Waals surface area contributed by atoms with Gasteiger partial charge in [0, 0.05) is 5.56 Å². The van der Waals surface area contributed by atoms with Crippen molar-refractivity contribution < 1.29 is 4.74 Å². The van der Waals surface area contributed by atoms with E-state index in [0.29, 0.717) is 0 Å². The number of ether oxygens (including phenoxy) is 1. The molecule has 3 aromatic rings. The zero-order chi connectivity index (χ0) is 14.7. The topological polar surface area (TPSA) is 34.0 Å². The molecule has 0 heterocycles. The van der Waals surface area contributed by atoms with E-state index in [9.17, 15) is 0 Å². The molecule has 0 N–H and O–H groups in total. The van der Waals surface area contributed by atoms with Crippen molar-refractivity contribution in [2.45, 2.75) is 6.92 Å². The highest BCUT2D eigenvalue weighted by atomic mass is 16.5. The maximum Gasteiger partial charge on any atom is 0.149 e. The van der Waals surface area contributed by atoms with Crippen LogP contribution in [0, 0.1) is 6.92 Å². The van der Waals surface area contributed by atoms with E-state index in [0.717, 1.165) is 28.1 Å². The molecular formula is C18H16N2O. The quantitative estimate of drug-likeness (QED) is 0.575. The van der Waals surface area contributed by atoms with Gasteiger partial charge >= 0.3 is 0 Å². The Balaban J connectivity index is 2.11. The van der Waals surface area contributed by atoms with E-state index in [1.54, 1.807) is 7.11 Å². The molecule has 3 rings (SSSR count). The van der Waals surface area contributed by atoms with Crippen LogP contribution >= 0.6 is 0 Å². The molecule has 0 atom stereocenters. The lowest BCUT2D eigenvalue weighted by molar-refractivity contribution is 0.413. The molecule has 0 saturated carbocycles. The fraction of sp³-hybridized carbons (Fsp3) is 0.111. The summed E-state index contributed by atoms with van der Waals surface area (Å²) in [5.41, 5.74) is 2.65. The van der Waals surface area contributed by atoms with Gasteiger partial charge in [-0.25, -0.2) is 0 Å². The van der Waals surface area contributed by atoms with Crippen molar-refractivity contribution in [2.75, 3.05) is 7.11 Å². The van der Waals surface area contributed by atoms with Gasteiger partial charge in [0.05, 0.1) is 12.8 Å². The average Bonchev–Trinajstić information content (AvgIpc) is 2.54. The lowest BCUT2D eigenvalue weighted by Crippen LogP contribution is -1.89. The summed E-state index contributed by atoms with van der Waals surface area (Å²) in [6.07, 6.45) is 0. The van der Waals surface area contributed by atoms with E-state index >= 15 is 0 Å². The summed E-state index contributed by atoms with van der Waals surface area (Å²) in [6.45, 7) is 2.04. The van der Waals surface area contributed by atoms with Crippen LogP contribution < -0.4 is 4.74 Å². The fourth-order valence-electron chi connectivity index (χ4n) is 2.43. The van der Waals surface area contributed by atoms with E-state index in [-0.39, 0.29) is 0 Å². The molecule has 3 aromatic carbocycles. The molecule has 0 aromatic heterocycles. The second-order valence-electron chi connectivity index (χ2n) is 4.81. The number of hydrogen-bond acceptors (Lipinski definition) is 3. The first-order valence-electron chi connectivity index (χ1n) is 6.82. The van der Waals surface area contributed by atoms with Crippen molar-refractivity contribution in [3.05, 3.63) is 66.2 Å². The minimum atomic E-state index is 0.748.